The highest BCUT2D eigenvalue weighted by Crippen LogP contribution is 2.11. The topological polar surface area (TPSA) is 25.2 Å². The van der Waals surface area contributed by atoms with Crippen molar-refractivity contribution in [3.8, 4) is 0 Å². The van der Waals surface area contributed by atoms with E-state index in [1.165, 1.54) is 6.07 Å². The van der Waals surface area contributed by atoms with Crippen molar-refractivity contribution in [1.82, 2.24) is 5.32 Å². The van der Waals surface area contributed by atoms with Crippen LogP contribution in [0.4, 0.5) is 4.39 Å². The Balaban J connectivity index is 2.01. The summed E-state index contributed by atoms with van der Waals surface area (Å²) in [6.07, 6.45) is 3.30. The fourth-order valence-corrected chi connectivity index (χ4v) is 2.13. The minimum absolute atomic E-state index is 0.180. The van der Waals surface area contributed by atoms with Crippen molar-refractivity contribution >= 4 is 0 Å². The number of rotatable bonds is 6. The summed E-state index contributed by atoms with van der Waals surface area (Å²) in [5, 5.41) is 3.41. The van der Waals surface area contributed by atoms with Crippen molar-refractivity contribution in [2.75, 3.05) is 6.54 Å². The average molecular weight is 247 g/mol. The van der Waals surface area contributed by atoms with E-state index in [-0.39, 0.29) is 11.9 Å². The molecule has 1 atom stereocenters. The Kier molecular flexibility index (Phi) is 4.53. The van der Waals surface area contributed by atoms with Crippen molar-refractivity contribution in [2.45, 2.75) is 25.8 Å². The summed E-state index contributed by atoms with van der Waals surface area (Å²) in [7, 11) is 0. The first-order valence-corrected chi connectivity index (χ1v) is 6.28. The highest BCUT2D eigenvalue weighted by atomic mass is 19.1. The summed E-state index contributed by atoms with van der Waals surface area (Å²) in [6, 6.07) is 10.9. The second-order valence-electron chi connectivity index (χ2n) is 4.37. The minimum Gasteiger partial charge on any atom is -0.469 e. The molecule has 1 aromatic heterocycles. The van der Waals surface area contributed by atoms with Crippen LogP contribution in [0.5, 0.6) is 0 Å². The Bertz CT molecular complexity index is 467. The van der Waals surface area contributed by atoms with E-state index in [1.807, 2.05) is 18.2 Å². The van der Waals surface area contributed by atoms with Crippen LogP contribution in [-0.2, 0) is 12.8 Å². The van der Waals surface area contributed by atoms with Crippen molar-refractivity contribution in [1.29, 1.82) is 0 Å². The third kappa shape index (κ3) is 3.70. The van der Waals surface area contributed by atoms with Gasteiger partial charge in [-0.15, -0.1) is 0 Å². The van der Waals surface area contributed by atoms with E-state index in [0.29, 0.717) is 0 Å². The van der Waals surface area contributed by atoms with Gasteiger partial charge >= 0.3 is 0 Å². The molecule has 1 unspecified atom stereocenters. The second kappa shape index (κ2) is 6.36. The molecule has 2 aromatic rings. The Morgan fingerprint density at radius 3 is 2.78 bits per heavy atom. The number of nitrogens with one attached hydrogen (secondary N) is 1. The average Bonchev–Trinajstić information content (AvgIpc) is 2.82. The van der Waals surface area contributed by atoms with Gasteiger partial charge in [0.05, 0.1) is 6.26 Å². The lowest BCUT2D eigenvalue weighted by molar-refractivity contribution is 0.444. The fourth-order valence-electron chi connectivity index (χ4n) is 2.13. The predicted molar refractivity (Wildman–Crippen MR) is 70.0 cm³/mol. The molecule has 1 heterocycles. The highest BCUT2D eigenvalue weighted by molar-refractivity contribution is 5.18. The molecule has 2 nitrogen and oxygen atoms in total. The van der Waals surface area contributed by atoms with E-state index in [1.54, 1.807) is 18.4 Å². The van der Waals surface area contributed by atoms with Gasteiger partial charge in [0.25, 0.3) is 0 Å². The number of likely N-dealkylation sites (N-methyl/N-ethyl adjacent to an activating group) is 1. The zero-order valence-corrected chi connectivity index (χ0v) is 10.5. The molecule has 0 saturated carbocycles. The van der Waals surface area contributed by atoms with Gasteiger partial charge in [-0.3, -0.25) is 0 Å². The summed E-state index contributed by atoms with van der Waals surface area (Å²) >= 11 is 0. The monoisotopic (exact) mass is 247 g/mol. The molecule has 1 aromatic carbocycles. The molecule has 0 fully saturated rings. The van der Waals surface area contributed by atoms with Gasteiger partial charge in [-0.1, -0.05) is 19.1 Å². The maximum atomic E-state index is 13.1. The maximum absolute atomic E-state index is 13.1. The quantitative estimate of drug-likeness (QED) is 0.848. The second-order valence-corrected chi connectivity index (χ2v) is 4.37. The molecule has 1 N–H and O–H groups in total. The van der Waals surface area contributed by atoms with Crippen LogP contribution in [-0.4, -0.2) is 12.6 Å². The van der Waals surface area contributed by atoms with Crippen molar-refractivity contribution in [3.05, 3.63) is 59.8 Å². The van der Waals surface area contributed by atoms with E-state index in [4.69, 9.17) is 4.42 Å². The van der Waals surface area contributed by atoms with E-state index in [0.717, 1.165) is 30.7 Å². The standard InChI is InChI=1S/C15H18FNO/c1-2-17-14(11-15-7-4-8-18-15)10-12-5-3-6-13(16)9-12/h3-9,14,17H,2,10-11H2,1H3. The maximum Gasteiger partial charge on any atom is 0.123 e. The smallest absolute Gasteiger partial charge is 0.123 e. The van der Waals surface area contributed by atoms with Crippen LogP contribution in [0.25, 0.3) is 0 Å². The number of hydrogen-bond donors (Lipinski definition) is 1. The molecule has 2 rings (SSSR count). The van der Waals surface area contributed by atoms with E-state index < -0.39 is 0 Å². The largest absolute Gasteiger partial charge is 0.469 e. The summed E-state index contributed by atoms with van der Waals surface area (Å²) in [5.41, 5.74) is 1.01. The highest BCUT2D eigenvalue weighted by Gasteiger charge is 2.11. The van der Waals surface area contributed by atoms with E-state index in [2.05, 4.69) is 12.2 Å². The lowest BCUT2D eigenvalue weighted by atomic mass is 10.0. The van der Waals surface area contributed by atoms with Gasteiger partial charge in [-0.05, 0) is 42.8 Å². The minimum atomic E-state index is -0.180. The van der Waals surface area contributed by atoms with E-state index >= 15 is 0 Å². The lowest BCUT2D eigenvalue weighted by Crippen LogP contribution is -2.32. The number of benzene rings is 1. The first kappa shape index (κ1) is 12.8. The van der Waals surface area contributed by atoms with Crippen LogP contribution in [0.15, 0.2) is 47.1 Å². The first-order chi connectivity index (χ1) is 8.78. The van der Waals surface area contributed by atoms with Crippen LogP contribution >= 0.6 is 0 Å². The van der Waals surface area contributed by atoms with Gasteiger partial charge in [-0.2, -0.15) is 0 Å². The van der Waals surface area contributed by atoms with Gasteiger partial charge in [0.2, 0.25) is 0 Å². The van der Waals surface area contributed by atoms with Gasteiger partial charge in [0.15, 0.2) is 0 Å². The fraction of sp³-hybridized carbons (Fsp3) is 0.333. The van der Waals surface area contributed by atoms with E-state index in [9.17, 15) is 4.39 Å². The van der Waals surface area contributed by atoms with Crippen molar-refractivity contribution in [2.24, 2.45) is 0 Å². The van der Waals surface area contributed by atoms with Gasteiger partial charge in [0.1, 0.15) is 11.6 Å². The Labute approximate surface area is 107 Å². The molecule has 0 bridgehead atoms. The molecule has 0 spiro atoms. The van der Waals surface area contributed by atoms with Gasteiger partial charge < -0.3 is 9.73 Å². The Morgan fingerprint density at radius 2 is 2.11 bits per heavy atom. The number of furan rings is 1. The zero-order chi connectivity index (χ0) is 12.8. The normalized spacial score (nSPS) is 12.6. The Hall–Kier alpha value is -1.61. The summed E-state index contributed by atoms with van der Waals surface area (Å²) < 4.78 is 18.5. The third-order valence-electron chi connectivity index (χ3n) is 2.89. The van der Waals surface area contributed by atoms with Crippen LogP contribution in [0.3, 0.4) is 0 Å². The SMILES string of the molecule is CCNC(Cc1cccc(F)c1)Cc1ccco1. The van der Waals surface area contributed by atoms with Crippen LogP contribution in [0.2, 0.25) is 0 Å². The molecule has 18 heavy (non-hydrogen) atoms. The first-order valence-electron chi connectivity index (χ1n) is 6.28. The van der Waals surface area contributed by atoms with Gasteiger partial charge in [-0.25, -0.2) is 4.39 Å². The molecule has 0 amide bonds. The molecule has 0 saturated heterocycles. The van der Waals surface area contributed by atoms with Gasteiger partial charge in [0, 0.05) is 12.5 Å². The van der Waals surface area contributed by atoms with Crippen molar-refractivity contribution in [3.63, 3.8) is 0 Å². The number of halogens is 1. The summed E-state index contributed by atoms with van der Waals surface area (Å²) in [6.45, 7) is 2.96. The Morgan fingerprint density at radius 1 is 1.22 bits per heavy atom. The molecule has 0 aliphatic heterocycles. The molecular weight excluding hydrogens is 229 g/mol. The van der Waals surface area contributed by atoms with Crippen LogP contribution < -0.4 is 5.32 Å². The summed E-state index contributed by atoms with van der Waals surface area (Å²) in [4.78, 5) is 0. The molecule has 0 radical (unpaired) electrons. The molecule has 0 aliphatic rings. The molecule has 96 valence electrons. The molecular formula is C15H18FNO. The number of hydrogen-bond acceptors (Lipinski definition) is 2. The molecule has 0 aliphatic carbocycles. The predicted octanol–water partition coefficient (Wildman–Crippen LogP) is 3.18. The third-order valence-corrected chi connectivity index (χ3v) is 2.89. The van der Waals surface area contributed by atoms with Crippen molar-refractivity contribution < 1.29 is 8.81 Å². The lowest BCUT2D eigenvalue weighted by Gasteiger charge is -2.16. The van der Waals surface area contributed by atoms with Crippen LogP contribution in [0.1, 0.15) is 18.2 Å². The zero-order valence-electron chi connectivity index (χ0n) is 10.5. The molecule has 3 heteroatoms. The summed E-state index contributed by atoms with van der Waals surface area (Å²) in [5.74, 6) is 0.776. The van der Waals surface area contributed by atoms with Crippen LogP contribution in [0, 0.1) is 5.82 Å².